The molecule has 2 N–H and O–H groups in total. The molecule has 2 heterocycles. The molecule has 0 aliphatic carbocycles. The maximum atomic E-state index is 12.4. The predicted molar refractivity (Wildman–Crippen MR) is 226 cm³/mol. The minimum absolute atomic E-state index is 0.212. The van der Waals surface area contributed by atoms with Crippen LogP contribution in [0.3, 0.4) is 0 Å². The van der Waals surface area contributed by atoms with Gasteiger partial charge in [-0.2, -0.15) is 0 Å². The normalized spacial score (nSPS) is 11.7. The Hall–Kier alpha value is -4.77. The first-order valence-corrected chi connectivity index (χ1v) is 19.0. The standard InChI is InChI=1S/C21H22IN3O2.C19H18IN3O2.CH3F/c1-15(25(3)21(26)27-14-16-7-5-4-6-8-16)20-23-19(13-24(20)2)17-9-11-18(22)12-10-17;1-13(22-19(24)25-12-14-5-3-2-4-6-14)18-21-11-17(23-18)15-7-9-16(20)10-8-15;1-2/h4-13,15H,14H2,1-3H3;2-11,13H,12H2,1H3,(H,21,23)(H,22,24);1H3/t15-;13-;/m11./s1/i;;1D. The van der Waals surface area contributed by atoms with Gasteiger partial charge < -0.3 is 29.2 Å². The molecule has 2 aromatic heterocycles. The summed E-state index contributed by atoms with van der Waals surface area (Å²) < 4.78 is 30.5. The van der Waals surface area contributed by atoms with Crippen LogP contribution >= 0.6 is 45.2 Å². The van der Waals surface area contributed by atoms with Gasteiger partial charge >= 0.3 is 12.2 Å². The number of nitrogens with one attached hydrogen (secondary N) is 2. The molecule has 4 aromatic carbocycles. The smallest absolute Gasteiger partial charge is 0.410 e. The molecule has 54 heavy (non-hydrogen) atoms. The molecule has 0 saturated heterocycles. The molecule has 0 unspecified atom stereocenters. The Balaban J connectivity index is 0.000000229. The number of rotatable bonds is 10. The molecule has 282 valence electrons. The maximum Gasteiger partial charge on any atom is 0.410 e. The number of aryl methyl sites for hydroxylation is 1. The van der Waals surface area contributed by atoms with Crippen molar-refractivity contribution in [1.29, 1.82) is 0 Å². The first-order chi connectivity index (χ1) is 26.5. The summed E-state index contributed by atoms with van der Waals surface area (Å²) in [4.78, 5) is 38.3. The Morgan fingerprint density at radius 1 is 0.870 bits per heavy atom. The summed E-state index contributed by atoms with van der Waals surface area (Å²) in [5.41, 5.74) is 5.82. The maximum absolute atomic E-state index is 12.4. The zero-order chi connectivity index (χ0) is 39.7. The van der Waals surface area contributed by atoms with Gasteiger partial charge in [0.1, 0.15) is 24.9 Å². The Morgan fingerprint density at radius 3 is 1.94 bits per heavy atom. The van der Waals surface area contributed by atoms with Crippen LogP contribution in [0, 0.1) is 7.14 Å². The predicted octanol–water partition coefficient (Wildman–Crippen LogP) is 10.3. The summed E-state index contributed by atoms with van der Waals surface area (Å²) in [6.45, 7) is 4.31. The van der Waals surface area contributed by atoms with Crippen molar-refractivity contribution in [1.82, 2.24) is 29.7 Å². The van der Waals surface area contributed by atoms with Gasteiger partial charge in [-0.15, -0.1) is 0 Å². The largest absolute Gasteiger partial charge is 0.445 e. The number of carbonyl (C=O) groups is 2. The van der Waals surface area contributed by atoms with Gasteiger partial charge in [0.2, 0.25) is 0 Å². The van der Waals surface area contributed by atoms with E-state index in [2.05, 4.69) is 84.7 Å². The lowest BCUT2D eigenvalue weighted by molar-refractivity contribution is 0.0918. The van der Waals surface area contributed by atoms with Gasteiger partial charge in [-0.05, 0) is 100.0 Å². The molecule has 0 spiro atoms. The number of alkyl halides is 1. The van der Waals surface area contributed by atoms with E-state index in [0.717, 1.165) is 39.5 Å². The van der Waals surface area contributed by atoms with Crippen molar-refractivity contribution in [2.45, 2.75) is 39.1 Å². The summed E-state index contributed by atoms with van der Waals surface area (Å²) in [5.74, 6) is 1.49. The van der Waals surface area contributed by atoms with Gasteiger partial charge in [-0.1, -0.05) is 84.9 Å². The van der Waals surface area contributed by atoms with Crippen molar-refractivity contribution in [3.63, 3.8) is 0 Å². The average Bonchev–Trinajstić information content (AvgIpc) is 3.85. The second-order valence-corrected chi connectivity index (χ2v) is 14.5. The van der Waals surface area contributed by atoms with E-state index in [1.807, 2.05) is 117 Å². The molecule has 10 nitrogen and oxygen atoms in total. The lowest BCUT2D eigenvalue weighted by atomic mass is 10.2. The van der Waals surface area contributed by atoms with Crippen LogP contribution < -0.4 is 5.32 Å². The Morgan fingerprint density at radius 2 is 1.39 bits per heavy atom. The van der Waals surface area contributed by atoms with Crippen LogP contribution in [0.2, 0.25) is 0 Å². The second-order valence-electron chi connectivity index (χ2n) is 12.0. The van der Waals surface area contributed by atoms with Crippen LogP contribution in [0.5, 0.6) is 0 Å². The fourth-order valence-corrected chi connectivity index (χ4v) is 5.84. The van der Waals surface area contributed by atoms with Gasteiger partial charge in [-0.3, -0.25) is 4.39 Å². The zero-order valence-electron chi connectivity index (χ0n) is 31.4. The van der Waals surface area contributed by atoms with Crippen LogP contribution in [0.1, 0.15) is 50.1 Å². The lowest BCUT2D eigenvalue weighted by Crippen LogP contribution is -2.31. The number of nitrogens with zero attached hydrogens (tertiary/aromatic N) is 4. The number of aromatic nitrogens is 4. The van der Waals surface area contributed by atoms with Crippen LogP contribution in [-0.4, -0.2) is 50.8 Å². The van der Waals surface area contributed by atoms with E-state index in [9.17, 15) is 14.0 Å². The molecule has 6 aromatic rings. The van der Waals surface area contributed by atoms with E-state index in [-0.39, 0.29) is 31.4 Å². The number of ether oxygens (including phenoxy) is 2. The Labute approximate surface area is 344 Å². The third-order valence-corrected chi connectivity index (χ3v) is 9.65. The number of imidazole rings is 2. The molecule has 0 aliphatic heterocycles. The number of halogens is 3. The van der Waals surface area contributed by atoms with Crippen molar-refractivity contribution in [3.8, 4) is 22.5 Å². The first-order valence-electron chi connectivity index (χ1n) is 17.6. The molecule has 0 aliphatic rings. The van der Waals surface area contributed by atoms with Crippen LogP contribution in [0.25, 0.3) is 22.5 Å². The van der Waals surface area contributed by atoms with Crippen molar-refractivity contribution < 1.29 is 24.8 Å². The van der Waals surface area contributed by atoms with E-state index in [1.165, 1.54) is 7.14 Å². The minimum Gasteiger partial charge on any atom is -0.445 e. The van der Waals surface area contributed by atoms with E-state index >= 15 is 0 Å². The molecule has 2 atom stereocenters. The number of aromatic amines is 1. The highest BCUT2D eigenvalue weighted by atomic mass is 127. The van der Waals surface area contributed by atoms with Crippen molar-refractivity contribution in [2.75, 3.05) is 14.2 Å². The zero-order valence-corrected chi connectivity index (χ0v) is 34.7. The first kappa shape index (κ1) is 40.4. The van der Waals surface area contributed by atoms with E-state index in [0.29, 0.717) is 5.82 Å². The third kappa shape index (κ3) is 12.4. The summed E-state index contributed by atoms with van der Waals surface area (Å²) >= 11 is 4.55. The quantitative estimate of drug-likeness (QED) is 0.132. The molecule has 13 heteroatoms. The highest BCUT2D eigenvalue weighted by Gasteiger charge is 2.23. The monoisotopic (exact) mass is 957 g/mol. The Kier molecular flexibility index (Phi) is 15.9. The summed E-state index contributed by atoms with van der Waals surface area (Å²) in [7, 11) is 2.68. The number of carbonyl (C=O) groups excluding carboxylic acids is 2. The molecule has 0 radical (unpaired) electrons. The molecule has 0 saturated carbocycles. The fraction of sp³-hybridized carbons (Fsp3) is 0.220. The highest BCUT2D eigenvalue weighted by Crippen LogP contribution is 2.25. The second kappa shape index (κ2) is 21.2. The summed E-state index contributed by atoms with van der Waals surface area (Å²) in [6.07, 6.45) is 2.91. The number of H-pyrrole nitrogens is 1. The molecular formula is C41H43FI2N6O4. The lowest BCUT2D eigenvalue weighted by Gasteiger charge is -2.23. The van der Waals surface area contributed by atoms with Crippen molar-refractivity contribution >= 4 is 57.4 Å². The Bertz CT molecular complexity index is 2070. The third-order valence-electron chi connectivity index (χ3n) is 8.21. The van der Waals surface area contributed by atoms with Gasteiger partial charge in [0, 0.05) is 33.0 Å². The molecule has 0 fully saturated rings. The number of benzene rings is 4. The highest BCUT2D eigenvalue weighted by molar-refractivity contribution is 14.1. The van der Waals surface area contributed by atoms with E-state index in [1.54, 1.807) is 18.1 Å². The van der Waals surface area contributed by atoms with E-state index < -0.39 is 13.2 Å². The van der Waals surface area contributed by atoms with Gasteiger partial charge in [-0.25, -0.2) is 19.6 Å². The van der Waals surface area contributed by atoms with Crippen LogP contribution in [-0.2, 0) is 29.7 Å². The minimum atomic E-state index is -1.00. The van der Waals surface area contributed by atoms with Crippen molar-refractivity contribution in [2.24, 2.45) is 7.05 Å². The van der Waals surface area contributed by atoms with Crippen molar-refractivity contribution in [3.05, 3.63) is 152 Å². The number of alkyl carbamates (subject to hydrolysis) is 1. The fourth-order valence-electron chi connectivity index (χ4n) is 5.12. The number of hydrogen-bond donors (Lipinski definition) is 2. The van der Waals surface area contributed by atoms with Crippen LogP contribution in [0.15, 0.2) is 122 Å². The van der Waals surface area contributed by atoms with Crippen LogP contribution in [0.4, 0.5) is 14.0 Å². The number of amides is 2. The van der Waals surface area contributed by atoms with Gasteiger partial charge in [0.25, 0.3) is 0 Å². The average molecular weight is 958 g/mol. The number of hydrogen-bond acceptors (Lipinski definition) is 6. The SMILES string of the molecule is C[C@@H](NC(=O)OCc1ccccc1)c1ncc(-c2ccc(I)cc2)[nH]1.C[C@H](c1nc(-c2ccc(I)cc2)cn1C)N(C)C(=O)OCc1ccccc1.[2H]CF. The van der Waals surface area contributed by atoms with Gasteiger partial charge in [0.05, 0.1) is 38.2 Å². The molecule has 2 amide bonds. The topological polar surface area (TPSA) is 114 Å². The molecule has 6 rings (SSSR count). The summed E-state index contributed by atoms with van der Waals surface area (Å²) in [5, 5.41) is 2.78. The van der Waals surface area contributed by atoms with Gasteiger partial charge in [0.15, 0.2) is 0 Å². The van der Waals surface area contributed by atoms with E-state index in [4.69, 9.17) is 15.8 Å². The summed E-state index contributed by atoms with van der Waals surface area (Å²) in [6, 6.07) is 35.1. The molecule has 0 bridgehead atoms. The molecular weight excluding hydrogens is 913 g/mol.